The van der Waals surface area contributed by atoms with Crippen LogP contribution in [0.5, 0.6) is 0 Å². The van der Waals surface area contributed by atoms with Crippen molar-refractivity contribution in [3.63, 3.8) is 0 Å². The van der Waals surface area contributed by atoms with Crippen molar-refractivity contribution in [2.75, 3.05) is 0 Å². The number of benzene rings is 3. The van der Waals surface area contributed by atoms with Gasteiger partial charge in [0.1, 0.15) is 11.9 Å². The molecule has 4 rings (SSSR count). The van der Waals surface area contributed by atoms with Gasteiger partial charge in [0.05, 0.1) is 4.88 Å². The Balaban J connectivity index is 1.80. The molecule has 0 saturated carbocycles. The molecule has 2 nitrogen and oxygen atoms in total. The molecule has 4 aromatic rings. The van der Waals surface area contributed by atoms with Gasteiger partial charge in [-0.2, -0.15) is 0 Å². The summed E-state index contributed by atoms with van der Waals surface area (Å²) < 4.78 is 27.9. The number of rotatable bonds is 5. The van der Waals surface area contributed by atoms with Crippen molar-refractivity contribution in [1.29, 1.82) is 0 Å². The fourth-order valence-corrected chi connectivity index (χ4v) is 6.03. The summed E-state index contributed by atoms with van der Waals surface area (Å²) in [6, 6.07) is 28.2. The number of hydrogen-bond acceptors (Lipinski definition) is 2. The molecule has 0 aliphatic carbocycles. The summed E-state index contributed by atoms with van der Waals surface area (Å²) in [6.07, 6.45) is 0. The van der Waals surface area contributed by atoms with Crippen LogP contribution in [0.15, 0.2) is 102 Å². The van der Waals surface area contributed by atoms with Crippen molar-refractivity contribution >= 4 is 29.2 Å². The largest absolute Gasteiger partial charge is 0.296 e. The number of halogens is 1. The quantitative estimate of drug-likeness (QED) is 0.334. The molecular weight excluding hydrogens is 412 g/mol. The van der Waals surface area contributed by atoms with Crippen molar-refractivity contribution in [3.8, 4) is 11.8 Å². The van der Waals surface area contributed by atoms with E-state index in [0.29, 0.717) is 10.6 Å². The van der Waals surface area contributed by atoms with Crippen LogP contribution in [-0.2, 0) is 4.57 Å². The Hall–Kier alpha value is -2.96. The molecular formula is C25H19FNOPS. The topological polar surface area (TPSA) is 29.1 Å². The number of thiophene rings is 1. The first-order chi connectivity index (χ1) is 14.6. The highest BCUT2D eigenvalue weighted by atomic mass is 32.1. The summed E-state index contributed by atoms with van der Waals surface area (Å²) in [4.78, 5) is 0.915. The van der Waals surface area contributed by atoms with E-state index in [9.17, 15) is 8.96 Å². The predicted octanol–water partition coefficient (Wildman–Crippen LogP) is 5.50. The Morgan fingerprint density at radius 2 is 1.40 bits per heavy atom. The zero-order valence-electron chi connectivity index (χ0n) is 16.0. The van der Waals surface area contributed by atoms with Gasteiger partial charge in [0.25, 0.3) is 0 Å². The summed E-state index contributed by atoms with van der Waals surface area (Å²) in [5.41, 5.74) is 0.757. The Bertz CT molecular complexity index is 1150. The standard InChI is InChI=1S/C25H19FNOPS/c26-21-15-13-20(14-16-21)25(18-17-24-12-7-19-30-24)27-29(28,22-8-3-1-4-9-22)23-10-5-2-6-11-23/h1-16,19,25H,(H,27,28)/t25-/m1/s1. The molecule has 0 bridgehead atoms. The Kier molecular flexibility index (Phi) is 6.26. The van der Waals surface area contributed by atoms with E-state index in [0.717, 1.165) is 10.4 Å². The molecule has 30 heavy (non-hydrogen) atoms. The van der Waals surface area contributed by atoms with Crippen LogP contribution in [0.2, 0.25) is 0 Å². The third-order valence-electron chi connectivity index (χ3n) is 4.61. The molecule has 1 aromatic heterocycles. The minimum atomic E-state index is -3.21. The van der Waals surface area contributed by atoms with Gasteiger partial charge in [0.15, 0.2) is 0 Å². The summed E-state index contributed by atoms with van der Waals surface area (Å²) in [7, 11) is -3.21. The van der Waals surface area contributed by atoms with E-state index < -0.39 is 13.3 Å². The second-order valence-electron chi connectivity index (χ2n) is 6.64. The summed E-state index contributed by atoms with van der Waals surface area (Å²) >= 11 is 1.54. The molecule has 0 aliphatic heterocycles. The lowest BCUT2D eigenvalue weighted by molar-refractivity contribution is 0.574. The van der Waals surface area contributed by atoms with Crippen LogP contribution in [0, 0.1) is 17.7 Å². The van der Waals surface area contributed by atoms with Crippen molar-refractivity contribution in [2.24, 2.45) is 0 Å². The van der Waals surface area contributed by atoms with Gasteiger partial charge in [0.2, 0.25) is 7.29 Å². The molecule has 1 N–H and O–H groups in total. The van der Waals surface area contributed by atoms with Crippen molar-refractivity contribution in [3.05, 3.63) is 119 Å². The van der Waals surface area contributed by atoms with Gasteiger partial charge in [-0.1, -0.05) is 66.4 Å². The summed E-state index contributed by atoms with van der Waals surface area (Å²) in [5, 5.41) is 6.68. The fraction of sp³-hybridized carbons (Fsp3) is 0.0400. The molecule has 1 heterocycles. The average Bonchev–Trinajstić information content (AvgIpc) is 3.32. The lowest BCUT2D eigenvalue weighted by Gasteiger charge is -2.24. The Morgan fingerprint density at radius 1 is 0.800 bits per heavy atom. The van der Waals surface area contributed by atoms with E-state index >= 15 is 0 Å². The van der Waals surface area contributed by atoms with Crippen molar-refractivity contribution < 1.29 is 8.96 Å². The van der Waals surface area contributed by atoms with Crippen LogP contribution in [0.1, 0.15) is 16.5 Å². The second kappa shape index (κ2) is 9.24. The number of nitrogens with one attached hydrogen (secondary N) is 1. The Labute approximate surface area is 179 Å². The third kappa shape index (κ3) is 4.61. The van der Waals surface area contributed by atoms with E-state index in [1.165, 1.54) is 12.1 Å². The highest BCUT2D eigenvalue weighted by Crippen LogP contribution is 2.41. The van der Waals surface area contributed by atoms with Crippen LogP contribution < -0.4 is 15.7 Å². The van der Waals surface area contributed by atoms with Crippen LogP contribution in [0.4, 0.5) is 4.39 Å². The molecule has 0 aliphatic rings. The van der Waals surface area contributed by atoms with Gasteiger partial charge in [-0.15, -0.1) is 11.3 Å². The van der Waals surface area contributed by atoms with Gasteiger partial charge < -0.3 is 0 Å². The first-order valence-electron chi connectivity index (χ1n) is 9.45. The molecule has 0 amide bonds. The summed E-state index contributed by atoms with van der Waals surface area (Å²) in [6.45, 7) is 0. The van der Waals surface area contributed by atoms with Crippen LogP contribution in [-0.4, -0.2) is 0 Å². The van der Waals surface area contributed by atoms with Crippen molar-refractivity contribution in [2.45, 2.75) is 6.04 Å². The third-order valence-corrected chi connectivity index (χ3v) is 8.07. The highest BCUT2D eigenvalue weighted by molar-refractivity contribution is 7.76. The van der Waals surface area contributed by atoms with E-state index in [2.05, 4.69) is 16.9 Å². The first kappa shape index (κ1) is 20.3. The number of hydrogen-bond donors (Lipinski definition) is 1. The Morgan fingerprint density at radius 3 is 1.93 bits per heavy atom. The molecule has 148 valence electrons. The fourth-order valence-electron chi connectivity index (χ4n) is 3.09. The van der Waals surface area contributed by atoms with Crippen LogP contribution >= 0.6 is 18.6 Å². The molecule has 0 spiro atoms. The maximum Gasteiger partial charge on any atom is 0.205 e. The highest BCUT2D eigenvalue weighted by Gasteiger charge is 2.30. The monoisotopic (exact) mass is 431 g/mol. The van der Waals surface area contributed by atoms with Crippen LogP contribution in [0.3, 0.4) is 0 Å². The normalized spacial score (nSPS) is 12.0. The molecule has 0 saturated heterocycles. The minimum Gasteiger partial charge on any atom is -0.296 e. The lowest BCUT2D eigenvalue weighted by atomic mass is 10.1. The second-order valence-corrected chi connectivity index (χ2v) is 10.1. The zero-order chi connectivity index (χ0) is 20.8. The maximum absolute atomic E-state index is 14.4. The van der Waals surface area contributed by atoms with Crippen LogP contribution in [0.25, 0.3) is 0 Å². The smallest absolute Gasteiger partial charge is 0.205 e. The summed E-state index contributed by atoms with van der Waals surface area (Å²) in [5.74, 6) is 6.04. The molecule has 0 fully saturated rings. The van der Waals surface area contributed by atoms with Gasteiger partial charge in [-0.3, -0.25) is 4.57 Å². The molecule has 3 aromatic carbocycles. The van der Waals surface area contributed by atoms with Gasteiger partial charge in [-0.25, -0.2) is 9.48 Å². The maximum atomic E-state index is 14.4. The minimum absolute atomic E-state index is 0.321. The molecule has 1 atom stereocenters. The average molecular weight is 431 g/mol. The molecule has 0 radical (unpaired) electrons. The van der Waals surface area contributed by atoms with E-state index in [-0.39, 0.29) is 5.82 Å². The zero-order valence-corrected chi connectivity index (χ0v) is 17.7. The predicted molar refractivity (Wildman–Crippen MR) is 123 cm³/mol. The molecule has 0 unspecified atom stereocenters. The van der Waals surface area contributed by atoms with E-state index in [1.807, 2.05) is 78.2 Å². The van der Waals surface area contributed by atoms with Crippen molar-refractivity contribution in [1.82, 2.24) is 5.09 Å². The first-order valence-corrected chi connectivity index (χ1v) is 12.0. The van der Waals surface area contributed by atoms with Gasteiger partial charge >= 0.3 is 0 Å². The lowest BCUT2D eigenvalue weighted by Crippen LogP contribution is -2.30. The SMILES string of the molecule is O=P(N[C@H](C#Cc1cccs1)c1ccc(F)cc1)(c1ccccc1)c1ccccc1. The van der Waals surface area contributed by atoms with E-state index in [4.69, 9.17) is 0 Å². The van der Waals surface area contributed by atoms with E-state index in [1.54, 1.807) is 23.5 Å². The molecule has 5 heteroatoms. The van der Waals surface area contributed by atoms with Gasteiger partial charge in [0, 0.05) is 10.6 Å². The van der Waals surface area contributed by atoms with Gasteiger partial charge in [-0.05, 0) is 53.4 Å².